The Bertz CT molecular complexity index is 230. The summed E-state index contributed by atoms with van der Waals surface area (Å²) in [4.78, 5) is 20.0. The van der Waals surface area contributed by atoms with Gasteiger partial charge in [0.1, 0.15) is 6.07 Å². The minimum Gasteiger partial charge on any atom is -0.481 e. The first kappa shape index (κ1) is 9.39. The van der Waals surface area contributed by atoms with E-state index in [1.165, 1.54) is 0 Å². The van der Waals surface area contributed by atoms with Crippen LogP contribution < -0.4 is 0 Å². The average Bonchev–Trinajstić information content (AvgIpc) is 1.86. The number of aliphatic hydroxyl groups is 1. The Balaban J connectivity index is 4.51. The van der Waals surface area contributed by atoms with Gasteiger partial charge in [-0.25, -0.2) is 4.79 Å². The molecule has 0 fully saturated rings. The second kappa shape index (κ2) is 2.98. The van der Waals surface area contributed by atoms with E-state index in [1.807, 2.05) is 0 Å². The predicted octanol–water partition coefficient (Wildman–Crippen LogP) is -1.20. The van der Waals surface area contributed by atoms with Crippen molar-refractivity contribution in [2.45, 2.75) is 12.0 Å². The highest BCUT2D eigenvalue weighted by molar-refractivity contribution is 5.86. The molecule has 60 valence electrons. The van der Waals surface area contributed by atoms with Crippen LogP contribution in [-0.4, -0.2) is 32.9 Å². The second-order valence-electron chi connectivity index (χ2n) is 1.85. The minimum atomic E-state index is -2.81. The molecule has 0 amide bonds. The van der Waals surface area contributed by atoms with Gasteiger partial charge in [0.25, 0.3) is 5.60 Å². The zero-order chi connectivity index (χ0) is 9.07. The molecule has 0 rings (SSSR count). The van der Waals surface area contributed by atoms with E-state index in [9.17, 15) is 9.59 Å². The number of hydrogen-bond donors (Lipinski definition) is 3. The first-order valence-corrected chi connectivity index (χ1v) is 2.51. The standard InChI is InChI=1S/C5H5NO5/c6-2-5(11,4(9)10)1-3(7)8/h11H,1H2,(H,7,8)(H,9,10). The number of carbonyl (C=O) groups is 2. The number of nitrogens with zero attached hydrogens (tertiary/aromatic N) is 1. The Morgan fingerprint density at radius 2 is 1.91 bits per heavy atom. The molecule has 0 saturated carbocycles. The molecule has 0 bridgehead atoms. The molecule has 0 aromatic rings. The largest absolute Gasteiger partial charge is 0.481 e. The molecule has 0 spiro atoms. The monoisotopic (exact) mass is 159 g/mol. The van der Waals surface area contributed by atoms with Crippen LogP contribution in [0.1, 0.15) is 6.42 Å². The van der Waals surface area contributed by atoms with Crippen molar-refractivity contribution in [2.75, 3.05) is 0 Å². The fraction of sp³-hybridized carbons (Fsp3) is 0.400. The zero-order valence-electron chi connectivity index (χ0n) is 5.31. The van der Waals surface area contributed by atoms with Gasteiger partial charge in [-0.05, 0) is 0 Å². The van der Waals surface area contributed by atoms with E-state index in [0.29, 0.717) is 0 Å². The van der Waals surface area contributed by atoms with Crippen LogP contribution in [0.5, 0.6) is 0 Å². The van der Waals surface area contributed by atoms with E-state index < -0.39 is 24.0 Å². The Kier molecular flexibility index (Phi) is 2.55. The van der Waals surface area contributed by atoms with Crippen molar-refractivity contribution in [3.05, 3.63) is 0 Å². The van der Waals surface area contributed by atoms with Gasteiger partial charge in [0.05, 0.1) is 6.42 Å². The third-order valence-electron chi connectivity index (χ3n) is 0.946. The van der Waals surface area contributed by atoms with Crippen LogP contribution in [0, 0.1) is 11.3 Å². The van der Waals surface area contributed by atoms with Crippen molar-refractivity contribution in [1.82, 2.24) is 0 Å². The SMILES string of the molecule is N#CC(O)(CC(=O)O)C(=O)O. The van der Waals surface area contributed by atoms with Gasteiger partial charge in [-0.15, -0.1) is 0 Å². The first-order chi connectivity index (χ1) is 4.92. The van der Waals surface area contributed by atoms with Crippen molar-refractivity contribution in [1.29, 1.82) is 5.26 Å². The van der Waals surface area contributed by atoms with Crippen LogP contribution >= 0.6 is 0 Å². The predicted molar refractivity (Wildman–Crippen MR) is 30.5 cm³/mol. The summed E-state index contributed by atoms with van der Waals surface area (Å²) >= 11 is 0. The van der Waals surface area contributed by atoms with Crippen LogP contribution in [-0.2, 0) is 9.59 Å². The fourth-order valence-electron chi connectivity index (χ4n) is 0.382. The van der Waals surface area contributed by atoms with Gasteiger partial charge < -0.3 is 15.3 Å². The molecular weight excluding hydrogens is 154 g/mol. The molecule has 3 N–H and O–H groups in total. The van der Waals surface area contributed by atoms with E-state index in [1.54, 1.807) is 0 Å². The molecule has 1 unspecified atom stereocenters. The molecule has 0 aliphatic carbocycles. The minimum absolute atomic E-state index is 0.984. The molecular formula is C5H5NO5. The average molecular weight is 159 g/mol. The Hall–Kier alpha value is -1.61. The number of hydrogen-bond acceptors (Lipinski definition) is 4. The van der Waals surface area contributed by atoms with Crippen molar-refractivity contribution in [2.24, 2.45) is 0 Å². The lowest BCUT2D eigenvalue weighted by atomic mass is 10.0. The van der Waals surface area contributed by atoms with Crippen molar-refractivity contribution in [3.8, 4) is 6.07 Å². The highest BCUT2D eigenvalue weighted by Crippen LogP contribution is 2.08. The maximum absolute atomic E-state index is 10.1. The molecule has 0 aliphatic rings. The van der Waals surface area contributed by atoms with Gasteiger partial charge in [-0.1, -0.05) is 0 Å². The quantitative estimate of drug-likeness (QED) is 0.445. The number of aliphatic carboxylic acids is 2. The summed E-state index contributed by atoms with van der Waals surface area (Å²) in [5, 5.41) is 33.0. The van der Waals surface area contributed by atoms with Crippen LogP contribution in [0.3, 0.4) is 0 Å². The third-order valence-corrected chi connectivity index (χ3v) is 0.946. The fourth-order valence-corrected chi connectivity index (χ4v) is 0.382. The third kappa shape index (κ3) is 2.23. The molecule has 0 aromatic heterocycles. The van der Waals surface area contributed by atoms with Crippen molar-refractivity contribution in [3.63, 3.8) is 0 Å². The first-order valence-electron chi connectivity index (χ1n) is 2.51. The van der Waals surface area contributed by atoms with Crippen molar-refractivity contribution < 1.29 is 24.9 Å². The Labute approximate surface area is 61.3 Å². The second-order valence-corrected chi connectivity index (χ2v) is 1.85. The topological polar surface area (TPSA) is 119 Å². The maximum atomic E-state index is 10.1. The lowest BCUT2D eigenvalue weighted by Crippen LogP contribution is -2.39. The van der Waals surface area contributed by atoms with Crippen LogP contribution in [0.4, 0.5) is 0 Å². The smallest absolute Gasteiger partial charge is 0.351 e. The molecule has 11 heavy (non-hydrogen) atoms. The summed E-state index contributed by atoms with van der Waals surface area (Å²) in [6.45, 7) is 0. The molecule has 6 nitrogen and oxygen atoms in total. The van der Waals surface area contributed by atoms with Gasteiger partial charge in [-0.3, -0.25) is 4.79 Å². The highest BCUT2D eigenvalue weighted by atomic mass is 16.4. The number of carboxylic acids is 2. The van der Waals surface area contributed by atoms with E-state index in [-0.39, 0.29) is 0 Å². The molecule has 1 atom stereocenters. The summed E-state index contributed by atoms with van der Waals surface area (Å²) in [6.07, 6.45) is -1.13. The summed E-state index contributed by atoms with van der Waals surface area (Å²) in [5.74, 6) is -3.40. The van der Waals surface area contributed by atoms with Gasteiger partial charge in [0.15, 0.2) is 0 Å². The number of rotatable bonds is 3. The van der Waals surface area contributed by atoms with E-state index in [4.69, 9.17) is 20.6 Å². The van der Waals surface area contributed by atoms with Crippen LogP contribution in [0.25, 0.3) is 0 Å². The zero-order valence-corrected chi connectivity index (χ0v) is 5.31. The van der Waals surface area contributed by atoms with Gasteiger partial charge in [0, 0.05) is 0 Å². The lowest BCUT2D eigenvalue weighted by Gasteiger charge is -2.10. The van der Waals surface area contributed by atoms with Crippen molar-refractivity contribution >= 4 is 11.9 Å². The van der Waals surface area contributed by atoms with Gasteiger partial charge in [-0.2, -0.15) is 5.26 Å². The summed E-state index contributed by atoms with van der Waals surface area (Å²) in [5.41, 5.74) is -2.81. The van der Waals surface area contributed by atoms with Gasteiger partial charge >= 0.3 is 11.9 Å². The van der Waals surface area contributed by atoms with E-state index in [0.717, 1.165) is 6.07 Å². The molecule has 0 heterocycles. The highest BCUT2D eigenvalue weighted by Gasteiger charge is 2.38. The van der Waals surface area contributed by atoms with Crippen LogP contribution in [0.15, 0.2) is 0 Å². The lowest BCUT2D eigenvalue weighted by molar-refractivity contribution is -0.159. The molecule has 0 radical (unpaired) electrons. The summed E-state index contributed by atoms with van der Waals surface area (Å²) in [7, 11) is 0. The number of nitriles is 1. The molecule has 6 heteroatoms. The number of carboxylic acid groups (broad SMARTS) is 2. The Morgan fingerprint density at radius 3 is 2.00 bits per heavy atom. The molecule has 0 saturated heterocycles. The summed E-state index contributed by atoms with van der Waals surface area (Å²) in [6, 6.07) is 0.984. The molecule has 0 aliphatic heterocycles. The van der Waals surface area contributed by atoms with E-state index in [2.05, 4.69) is 0 Å². The molecule has 0 aromatic carbocycles. The summed E-state index contributed by atoms with van der Waals surface area (Å²) < 4.78 is 0. The van der Waals surface area contributed by atoms with Gasteiger partial charge in [0.2, 0.25) is 0 Å². The van der Waals surface area contributed by atoms with E-state index >= 15 is 0 Å². The Morgan fingerprint density at radius 1 is 1.45 bits per heavy atom. The maximum Gasteiger partial charge on any atom is 0.351 e. The normalized spacial score (nSPS) is 14.5. The van der Waals surface area contributed by atoms with Crippen LogP contribution in [0.2, 0.25) is 0 Å².